The van der Waals surface area contributed by atoms with E-state index in [0.717, 1.165) is 0 Å². The van der Waals surface area contributed by atoms with Gasteiger partial charge in [-0.1, -0.05) is 28.9 Å². The Balaban J connectivity index is 3.27. The van der Waals surface area contributed by atoms with E-state index < -0.39 is 12.1 Å². The molecular formula is C11H11BrO4. The molecule has 4 nitrogen and oxygen atoms in total. The Kier molecular flexibility index (Phi) is 4.20. The van der Waals surface area contributed by atoms with Crippen molar-refractivity contribution in [3.05, 3.63) is 33.8 Å². The average Bonchev–Trinajstić information content (AvgIpc) is 2.26. The van der Waals surface area contributed by atoms with Crippen LogP contribution in [0.4, 0.5) is 0 Å². The number of rotatable bonds is 4. The maximum absolute atomic E-state index is 11.6. The summed E-state index contributed by atoms with van der Waals surface area (Å²) in [5, 5.41) is 18.2. The molecule has 1 aromatic rings. The average molecular weight is 287 g/mol. The molecule has 5 heteroatoms. The zero-order valence-electron chi connectivity index (χ0n) is 8.61. The van der Waals surface area contributed by atoms with E-state index in [1.807, 2.05) is 0 Å². The van der Waals surface area contributed by atoms with E-state index in [1.54, 1.807) is 13.0 Å². The van der Waals surface area contributed by atoms with Gasteiger partial charge in [-0.3, -0.25) is 4.79 Å². The maximum Gasteiger partial charge on any atom is 0.337 e. The van der Waals surface area contributed by atoms with Crippen LogP contribution in [0.25, 0.3) is 0 Å². The Morgan fingerprint density at radius 2 is 2.06 bits per heavy atom. The van der Waals surface area contributed by atoms with Crippen molar-refractivity contribution >= 4 is 27.7 Å². The Morgan fingerprint density at radius 1 is 1.44 bits per heavy atom. The van der Waals surface area contributed by atoms with Gasteiger partial charge in [0.1, 0.15) is 0 Å². The van der Waals surface area contributed by atoms with Crippen LogP contribution in [0.2, 0.25) is 0 Å². The number of carbonyl (C=O) groups excluding carboxylic acids is 1. The first-order valence-electron chi connectivity index (χ1n) is 4.71. The summed E-state index contributed by atoms with van der Waals surface area (Å²) in [6.45, 7) is 1.68. The van der Waals surface area contributed by atoms with Gasteiger partial charge in [0.2, 0.25) is 0 Å². The van der Waals surface area contributed by atoms with Crippen molar-refractivity contribution in [2.75, 3.05) is 0 Å². The molecule has 0 saturated carbocycles. The maximum atomic E-state index is 11.6. The third-order valence-corrected chi connectivity index (χ3v) is 2.66. The molecule has 0 aliphatic rings. The van der Waals surface area contributed by atoms with E-state index in [9.17, 15) is 14.7 Å². The summed E-state index contributed by atoms with van der Waals surface area (Å²) in [6, 6.07) is 4.55. The normalized spacial score (nSPS) is 12.2. The number of hydrogen-bond donors (Lipinski definition) is 2. The van der Waals surface area contributed by atoms with Gasteiger partial charge in [-0.2, -0.15) is 0 Å². The molecule has 86 valence electrons. The van der Waals surface area contributed by atoms with Crippen molar-refractivity contribution < 1.29 is 19.8 Å². The fourth-order valence-electron chi connectivity index (χ4n) is 1.33. The van der Waals surface area contributed by atoms with Gasteiger partial charge in [0.25, 0.3) is 0 Å². The zero-order chi connectivity index (χ0) is 12.3. The van der Waals surface area contributed by atoms with Gasteiger partial charge in [-0.15, -0.1) is 0 Å². The molecule has 0 heterocycles. The highest BCUT2D eigenvalue weighted by molar-refractivity contribution is 9.10. The first-order valence-corrected chi connectivity index (χ1v) is 5.50. The van der Waals surface area contributed by atoms with Crippen LogP contribution < -0.4 is 0 Å². The van der Waals surface area contributed by atoms with Crippen molar-refractivity contribution in [1.29, 1.82) is 0 Å². The highest BCUT2D eigenvalue weighted by Crippen LogP contribution is 2.23. The van der Waals surface area contributed by atoms with Gasteiger partial charge in [-0.05, 0) is 12.1 Å². The largest absolute Gasteiger partial charge is 0.479 e. The van der Waals surface area contributed by atoms with Crippen LogP contribution in [0.15, 0.2) is 22.7 Å². The van der Waals surface area contributed by atoms with E-state index in [1.165, 1.54) is 12.1 Å². The molecule has 16 heavy (non-hydrogen) atoms. The molecule has 0 saturated heterocycles. The highest BCUT2D eigenvalue weighted by atomic mass is 79.9. The molecule has 0 aromatic heterocycles. The lowest BCUT2D eigenvalue weighted by Gasteiger charge is -2.11. The lowest BCUT2D eigenvalue weighted by molar-refractivity contribution is -0.146. The molecule has 1 unspecified atom stereocenters. The minimum atomic E-state index is -1.67. The Labute approximate surface area is 101 Å². The summed E-state index contributed by atoms with van der Waals surface area (Å²) < 4.78 is 0.672. The summed E-state index contributed by atoms with van der Waals surface area (Å²) in [5.74, 6) is -1.57. The molecule has 0 spiro atoms. The second-order valence-corrected chi connectivity index (χ2v) is 4.16. The Hall–Kier alpha value is -1.20. The molecule has 0 radical (unpaired) electrons. The number of aliphatic carboxylic acids is 1. The number of Topliss-reactive ketones (excluding diaryl/α,β-unsaturated/α-hetero) is 1. The third kappa shape index (κ3) is 2.68. The molecule has 0 aliphatic heterocycles. The number of ketones is 1. The number of aliphatic hydroxyl groups excluding tert-OH is 1. The van der Waals surface area contributed by atoms with Crippen molar-refractivity contribution in [2.45, 2.75) is 19.4 Å². The van der Waals surface area contributed by atoms with Gasteiger partial charge >= 0.3 is 5.97 Å². The SMILES string of the molecule is CCC(=O)c1cc(Br)ccc1C(O)C(=O)O. The minimum absolute atomic E-state index is 0.127. The number of aliphatic hydroxyl groups is 1. The molecule has 1 atom stereocenters. The molecule has 1 rings (SSSR count). The number of benzene rings is 1. The number of hydrogen-bond acceptors (Lipinski definition) is 3. The summed E-state index contributed by atoms with van der Waals surface area (Å²) in [5.41, 5.74) is 0.370. The lowest BCUT2D eigenvalue weighted by atomic mass is 9.98. The van der Waals surface area contributed by atoms with Crippen LogP contribution in [-0.4, -0.2) is 22.0 Å². The summed E-state index contributed by atoms with van der Waals surface area (Å²) in [7, 11) is 0. The summed E-state index contributed by atoms with van der Waals surface area (Å²) in [4.78, 5) is 22.3. The van der Waals surface area contributed by atoms with Crippen LogP contribution >= 0.6 is 15.9 Å². The number of carbonyl (C=O) groups is 2. The summed E-state index contributed by atoms with van der Waals surface area (Å²) >= 11 is 3.20. The number of halogens is 1. The van der Waals surface area contributed by atoms with Crippen LogP contribution in [0.5, 0.6) is 0 Å². The Morgan fingerprint density at radius 3 is 2.56 bits per heavy atom. The van der Waals surface area contributed by atoms with Crippen LogP contribution in [-0.2, 0) is 4.79 Å². The van der Waals surface area contributed by atoms with E-state index in [2.05, 4.69) is 15.9 Å². The standard InChI is InChI=1S/C11H11BrO4/c1-2-9(13)8-5-6(12)3-4-7(8)10(14)11(15)16/h3-5,10,14H,2H2,1H3,(H,15,16). The molecule has 0 amide bonds. The van der Waals surface area contributed by atoms with E-state index in [0.29, 0.717) is 4.47 Å². The molecule has 1 aromatic carbocycles. The fraction of sp³-hybridized carbons (Fsp3) is 0.273. The van der Waals surface area contributed by atoms with E-state index in [4.69, 9.17) is 5.11 Å². The molecule has 0 aliphatic carbocycles. The lowest BCUT2D eigenvalue weighted by Crippen LogP contribution is -2.14. The first kappa shape index (κ1) is 12.9. The van der Waals surface area contributed by atoms with Crippen molar-refractivity contribution in [2.24, 2.45) is 0 Å². The monoisotopic (exact) mass is 286 g/mol. The van der Waals surface area contributed by atoms with E-state index >= 15 is 0 Å². The fourth-order valence-corrected chi connectivity index (χ4v) is 1.69. The minimum Gasteiger partial charge on any atom is -0.479 e. The van der Waals surface area contributed by atoms with Crippen LogP contribution in [0, 0.1) is 0 Å². The van der Waals surface area contributed by atoms with Crippen LogP contribution in [0.3, 0.4) is 0 Å². The number of carboxylic acid groups (broad SMARTS) is 1. The van der Waals surface area contributed by atoms with Gasteiger partial charge < -0.3 is 10.2 Å². The Bertz CT molecular complexity index is 428. The second-order valence-electron chi connectivity index (χ2n) is 3.25. The van der Waals surface area contributed by atoms with Crippen molar-refractivity contribution in [3.63, 3.8) is 0 Å². The van der Waals surface area contributed by atoms with Gasteiger partial charge in [-0.25, -0.2) is 4.79 Å². The van der Waals surface area contributed by atoms with E-state index in [-0.39, 0.29) is 23.3 Å². The van der Waals surface area contributed by atoms with Gasteiger partial charge in [0.15, 0.2) is 11.9 Å². The first-order chi connectivity index (χ1) is 7.47. The zero-order valence-corrected chi connectivity index (χ0v) is 10.2. The van der Waals surface area contributed by atoms with Gasteiger partial charge in [0, 0.05) is 22.0 Å². The van der Waals surface area contributed by atoms with Gasteiger partial charge in [0.05, 0.1) is 0 Å². The van der Waals surface area contributed by atoms with Crippen LogP contribution in [0.1, 0.15) is 35.4 Å². The summed E-state index contributed by atoms with van der Waals surface area (Å²) in [6.07, 6.45) is -1.41. The quantitative estimate of drug-likeness (QED) is 0.832. The predicted octanol–water partition coefficient (Wildman–Crippen LogP) is 2.16. The molecule has 2 N–H and O–H groups in total. The van der Waals surface area contributed by atoms with Crippen molar-refractivity contribution in [3.8, 4) is 0 Å². The topological polar surface area (TPSA) is 74.6 Å². The second kappa shape index (κ2) is 5.23. The van der Waals surface area contributed by atoms with Crippen molar-refractivity contribution in [1.82, 2.24) is 0 Å². The molecule has 0 fully saturated rings. The smallest absolute Gasteiger partial charge is 0.337 e. The molecule has 0 bridgehead atoms. The predicted molar refractivity (Wildman–Crippen MR) is 61.4 cm³/mol. The highest BCUT2D eigenvalue weighted by Gasteiger charge is 2.22. The molecular weight excluding hydrogens is 276 g/mol. The number of carboxylic acids is 1. The third-order valence-electron chi connectivity index (χ3n) is 2.17.